The fourth-order valence-corrected chi connectivity index (χ4v) is 1.12. The van der Waals surface area contributed by atoms with Crippen molar-refractivity contribution in [2.45, 2.75) is 13.8 Å². The molecule has 62 valence electrons. The van der Waals surface area contributed by atoms with Gasteiger partial charge in [0.1, 0.15) is 5.71 Å². The van der Waals surface area contributed by atoms with E-state index in [9.17, 15) is 0 Å². The number of aromatic nitrogens is 2. The molecule has 0 bridgehead atoms. The van der Waals surface area contributed by atoms with E-state index in [4.69, 9.17) is 0 Å². The molecule has 12 heavy (non-hydrogen) atoms. The number of nitrogens with one attached hydrogen (secondary N) is 2. The number of fused-ring (bicyclic) bond motifs is 1. The van der Waals surface area contributed by atoms with Crippen LogP contribution in [0.25, 0.3) is 0 Å². The fraction of sp³-hybridized carbons (Fsp3) is 0.286. The lowest BCUT2D eigenvalue weighted by atomic mass is 10.3. The maximum Gasteiger partial charge on any atom is 0.417 e. The molecule has 5 heteroatoms. The zero-order valence-electron chi connectivity index (χ0n) is 6.88. The van der Waals surface area contributed by atoms with Crippen molar-refractivity contribution in [1.82, 2.24) is 10.3 Å². The number of allylic oxidation sites excluding steroid dienone is 2. The van der Waals surface area contributed by atoms with Crippen molar-refractivity contribution < 1.29 is 9.62 Å². The molecule has 0 aromatic carbocycles. The molecule has 1 aliphatic rings. The van der Waals surface area contributed by atoms with Crippen LogP contribution in [0.3, 0.4) is 0 Å². The molecular formula is C7H9N4O+. The maximum absolute atomic E-state index is 4.55. The Hall–Kier alpha value is -1.65. The van der Waals surface area contributed by atoms with Crippen LogP contribution in [0.1, 0.15) is 13.8 Å². The molecule has 1 aromatic rings. The third kappa shape index (κ3) is 1.09. The van der Waals surface area contributed by atoms with Gasteiger partial charge in [0.05, 0.1) is 0 Å². The van der Waals surface area contributed by atoms with E-state index < -0.39 is 0 Å². The zero-order valence-corrected chi connectivity index (χ0v) is 6.88. The summed E-state index contributed by atoms with van der Waals surface area (Å²) in [6, 6.07) is 0. The lowest BCUT2D eigenvalue weighted by Crippen LogP contribution is -2.65. The van der Waals surface area contributed by atoms with Gasteiger partial charge in [-0.1, -0.05) is 0 Å². The Bertz CT molecular complexity index is 363. The summed E-state index contributed by atoms with van der Waals surface area (Å²) < 4.78 is 4.55. The zero-order chi connectivity index (χ0) is 8.55. The average Bonchev–Trinajstić information content (AvgIpc) is 2.31. The quantitative estimate of drug-likeness (QED) is 0.547. The van der Waals surface area contributed by atoms with Crippen molar-refractivity contribution in [2.24, 2.45) is 0 Å². The lowest BCUT2D eigenvalue weighted by molar-refractivity contribution is -0.358. The Kier molecular flexibility index (Phi) is 1.43. The van der Waals surface area contributed by atoms with E-state index in [-0.39, 0.29) is 0 Å². The molecular weight excluding hydrogens is 156 g/mol. The molecule has 1 aliphatic heterocycles. The molecule has 2 N–H and O–H groups in total. The highest BCUT2D eigenvalue weighted by atomic mass is 16.6. The van der Waals surface area contributed by atoms with Gasteiger partial charge in [-0.3, -0.25) is 0 Å². The Labute approximate surface area is 69.1 Å². The normalized spacial score (nSPS) is 15.5. The number of hydrogen-bond acceptors (Lipinski definition) is 4. The molecule has 5 nitrogen and oxygen atoms in total. The minimum Gasteiger partial charge on any atom is -0.334 e. The monoisotopic (exact) mass is 165 g/mol. The van der Waals surface area contributed by atoms with Crippen LogP contribution in [0.2, 0.25) is 0 Å². The standard InChI is InChI=1S/C7H8N4O/c1-4-3-5(2)9-7-6(8-4)10-12-11-7/h3H,1-2H3,(H,8,10)/p+1. The largest absolute Gasteiger partial charge is 0.417 e. The Morgan fingerprint density at radius 1 is 1.42 bits per heavy atom. The predicted molar refractivity (Wildman–Crippen MR) is 43.0 cm³/mol. The van der Waals surface area contributed by atoms with Crippen LogP contribution in [0.5, 0.6) is 0 Å². The smallest absolute Gasteiger partial charge is 0.334 e. The summed E-state index contributed by atoms with van der Waals surface area (Å²) in [6.07, 6.45) is 1.98. The van der Waals surface area contributed by atoms with Crippen molar-refractivity contribution in [2.75, 3.05) is 5.32 Å². The number of anilines is 1. The van der Waals surface area contributed by atoms with E-state index in [2.05, 4.69) is 25.3 Å². The van der Waals surface area contributed by atoms with Crippen LogP contribution in [-0.2, 0) is 0 Å². The molecule has 0 fully saturated rings. The summed E-state index contributed by atoms with van der Waals surface area (Å²) in [4.78, 5) is 3.04. The summed E-state index contributed by atoms with van der Waals surface area (Å²) in [5.74, 6) is 1.25. The first-order chi connectivity index (χ1) is 5.75. The van der Waals surface area contributed by atoms with Crippen molar-refractivity contribution >= 4 is 17.3 Å². The molecule has 0 saturated carbocycles. The minimum absolute atomic E-state index is 0.626. The summed E-state index contributed by atoms with van der Waals surface area (Å²) >= 11 is 0. The molecule has 0 aliphatic carbocycles. The number of rotatable bonds is 0. The van der Waals surface area contributed by atoms with Gasteiger partial charge in [-0.05, 0) is 19.9 Å². The van der Waals surface area contributed by atoms with Gasteiger partial charge in [-0.2, -0.15) is 0 Å². The van der Waals surface area contributed by atoms with Gasteiger partial charge >= 0.3 is 5.82 Å². The second-order valence-corrected chi connectivity index (χ2v) is 2.72. The predicted octanol–water partition coefficient (Wildman–Crippen LogP) is -0.428. The molecule has 0 radical (unpaired) electrons. The third-order valence-electron chi connectivity index (χ3n) is 1.55. The van der Waals surface area contributed by atoms with Crippen molar-refractivity contribution in [1.29, 1.82) is 0 Å². The summed E-state index contributed by atoms with van der Waals surface area (Å²) in [7, 11) is 0. The summed E-state index contributed by atoms with van der Waals surface area (Å²) in [5, 5.41) is 10.4. The van der Waals surface area contributed by atoms with Crippen molar-refractivity contribution in [3.63, 3.8) is 0 Å². The molecule has 0 amide bonds. The highest BCUT2D eigenvalue weighted by molar-refractivity contribution is 5.90. The van der Waals surface area contributed by atoms with E-state index in [0.29, 0.717) is 11.6 Å². The van der Waals surface area contributed by atoms with Gasteiger partial charge < -0.3 is 5.32 Å². The summed E-state index contributed by atoms with van der Waals surface area (Å²) in [6.45, 7) is 3.91. The first-order valence-electron chi connectivity index (χ1n) is 3.64. The SMILES string of the molecule is CC1=CC(C)=[NH+]c2nonc2N1. The van der Waals surface area contributed by atoms with E-state index in [1.54, 1.807) is 0 Å². The van der Waals surface area contributed by atoms with E-state index >= 15 is 0 Å². The van der Waals surface area contributed by atoms with Crippen LogP contribution in [0.15, 0.2) is 16.4 Å². The molecule has 0 spiro atoms. The van der Waals surface area contributed by atoms with Crippen LogP contribution < -0.4 is 10.3 Å². The van der Waals surface area contributed by atoms with E-state index in [1.165, 1.54) is 0 Å². The Morgan fingerprint density at radius 2 is 2.25 bits per heavy atom. The van der Waals surface area contributed by atoms with Crippen LogP contribution in [0.4, 0.5) is 11.6 Å². The Balaban J connectivity index is 2.52. The van der Waals surface area contributed by atoms with E-state index in [0.717, 1.165) is 11.4 Å². The molecule has 0 saturated heterocycles. The number of hydrogen-bond donors (Lipinski definition) is 2. The van der Waals surface area contributed by atoms with Gasteiger partial charge in [0, 0.05) is 10.9 Å². The third-order valence-corrected chi connectivity index (χ3v) is 1.55. The van der Waals surface area contributed by atoms with Crippen LogP contribution >= 0.6 is 0 Å². The van der Waals surface area contributed by atoms with Crippen LogP contribution in [-0.4, -0.2) is 16.0 Å². The maximum atomic E-state index is 4.55. The van der Waals surface area contributed by atoms with Crippen LogP contribution in [0, 0.1) is 0 Å². The second kappa shape index (κ2) is 2.44. The van der Waals surface area contributed by atoms with Crippen molar-refractivity contribution in [3.05, 3.63) is 11.8 Å². The summed E-state index contributed by atoms with van der Waals surface area (Å²) in [5.41, 5.74) is 2.02. The molecule has 2 rings (SSSR count). The fourth-order valence-electron chi connectivity index (χ4n) is 1.12. The van der Waals surface area contributed by atoms with Crippen molar-refractivity contribution in [3.8, 4) is 0 Å². The average molecular weight is 165 g/mol. The van der Waals surface area contributed by atoms with E-state index in [1.807, 2.05) is 19.9 Å². The van der Waals surface area contributed by atoms with Gasteiger partial charge in [0.2, 0.25) is 0 Å². The van der Waals surface area contributed by atoms with Gasteiger partial charge in [0.25, 0.3) is 5.82 Å². The molecule has 0 unspecified atom stereocenters. The molecule has 1 aromatic heterocycles. The first kappa shape index (κ1) is 7.02. The van der Waals surface area contributed by atoms with Gasteiger partial charge in [-0.15, -0.1) is 4.63 Å². The molecule has 2 heterocycles. The topological polar surface area (TPSA) is 64.9 Å². The van der Waals surface area contributed by atoms with Gasteiger partial charge in [-0.25, -0.2) is 4.99 Å². The Morgan fingerprint density at radius 3 is 3.08 bits per heavy atom. The van der Waals surface area contributed by atoms with Gasteiger partial charge in [0.15, 0.2) is 5.16 Å². The first-order valence-corrected chi connectivity index (χ1v) is 3.64. The highest BCUT2D eigenvalue weighted by Crippen LogP contribution is 2.13. The highest BCUT2D eigenvalue weighted by Gasteiger charge is 2.19. The molecule has 0 atom stereocenters. The minimum atomic E-state index is 0.626. The second-order valence-electron chi connectivity index (χ2n) is 2.72. The number of nitrogens with zero attached hydrogens (tertiary/aromatic N) is 2. The lowest BCUT2D eigenvalue weighted by Gasteiger charge is -1.94.